The molecule has 0 spiro atoms. The highest BCUT2D eigenvalue weighted by molar-refractivity contribution is 7.92. The van der Waals surface area contributed by atoms with E-state index in [1.807, 2.05) is 24.3 Å². The van der Waals surface area contributed by atoms with Crippen molar-refractivity contribution in [3.63, 3.8) is 0 Å². The molecule has 0 atom stereocenters. The summed E-state index contributed by atoms with van der Waals surface area (Å²) in [5.74, 6) is -0.345. The minimum atomic E-state index is -3.40. The number of anilines is 3. The molecule has 144 valence electrons. The summed E-state index contributed by atoms with van der Waals surface area (Å²) in [7, 11) is -1.96. The van der Waals surface area contributed by atoms with E-state index in [-0.39, 0.29) is 16.5 Å². The Labute approximate surface area is 164 Å². The van der Waals surface area contributed by atoms with Crippen LogP contribution in [0.1, 0.15) is 23.2 Å². The fourth-order valence-electron chi connectivity index (χ4n) is 3.00. The van der Waals surface area contributed by atoms with Crippen molar-refractivity contribution in [2.45, 2.75) is 12.8 Å². The van der Waals surface area contributed by atoms with Crippen LogP contribution in [0.25, 0.3) is 0 Å². The molecule has 1 aliphatic rings. The van der Waals surface area contributed by atoms with E-state index in [0.717, 1.165) is 29.3 Å². The molecule has 27 heavy (non-hydrogen) atoms. The molecule has 1 amide bonds. The molecule has 6 nitrogen and oxygen atoms in total. The highest BCUT2D eigenvalue weighted by Crippen LogP contribution is 2.26. The number of nitrogens with zero attached hydrogens (tertiary/aromatic N) is 2. The second-order valence-electron chi connectivity index (χ2n) is 6.59. The number of nitrogens with one attached hydrogen (secondary N) is 1. The summed E-state index contributed by atoms with van der Waals surface area (Å²) in [6.45, 7) is 2.13. The molecule has 8 heteroatoms. The van der Waals surface area contributed by atoms with Crippen LogP contribution in [0.4, 0.5) is 17.1 Å². The van der Waals surface area contributed by atoms with Gasteiger partial charge in [-0.1, -0.05) is 11.6 Å². The monoisotopic (exact) mass is 407 g/mol. The van der Waals surface area contributed by atoms with Crippen molar-refractivity contribution in [3.05, 3.63) is 53.1 Å². The van der Waals surface area contributed by atoms with Gasteiger partial charge in [-0.05, 0) is 55.3 Å². The maximum absolute atomic E-state index is 12.5. The van der Waals surface area contributed by atoms with Gasteiger partial charge in [-0.2, -0.15) is 0 Å². The highest BCUT2D eigenvalue weighted by atomic mass is 35.5. The molecule has 1 fully saturated rings. The average Bonchev–Trinajstić information content (AvgIpc) is 3.15. The van der Waals surface area contributed by atoms with Crippen LogP contribution in [0.15, 0.2) is 42.5 Å². The third kappa shape index (κ3) is 4.54. The van der Waals surface area contributed by atoms with Crippen LogP contribution < -0.4 is 14.5 Å². The lowest BCUT2D eigenvalue weighted by Crippen LogP contribution is -2.25. The second-order valence-corrected chi connectivity index (χ2v) is 9.01. The maximum atomic E-state index is 12.5. The molecule has 1 saturated heterocycles. The molecule has 2 aromatic rings. The number of carbonyl (C=O) groups is 1. The minimum absolute atomic E-state index is 0.189. The molecule has 1 aliphatic heterocycles. The quantitative estimate of drug-likeness (QED) is 0.822. The lowest BCUT2D eigenvalue weighted by molar-refractivity contribution is 0.102. The minimum Gasteiger partial charge on any atom is -0.372 e. The predicted octanol–water partition coefficient (Wildman–Crippen LogP) is 3.59. The SMILES string of the molecule is CN(c1ccc(C(=O)Nc2ccc(N3CCCC3)cc2)c(Cl)c1)S(C)(=O)=O. The highest BCUT2D eigenvalue weighted by Gasteiger charge is 2.17. The fraction of sp³-hybridized carbons (Fsp3) is 0.316. The van der Waals surface area contributed by atoms with Crippen molar-refractivity contribution in [2.75, 3.05) is 40.9 Å². The zero-order chi connectivity index (χ0) is 19.6. The molecule has 0 aliphatic carbocycles. The average molecular weight is 408 g/mol. The van der Waals surface area contributed by atoms with E-state index in [1.54, 1.807) is 6.07 Å². The van der Waals surface area contributed by atoms with Crippen molar-refractivity contribution in [3.8, 4) is 0 Å². The van der Waals surface area contributed by atoms with Crippen LogP contribution in [-0.4, -0.2) is 40.7 Å². The van der Waals surface area contributed by atoms with E-state index < -0.39 is 10.0 Å². The van der Waals surface area contributed by atoms with Crippen LogP contribution in [0, 0.1) is 0 Å². The first-order valence-electron chi connectivity index (χ1n) is 8.65. The summed E-state index contributed by atoms with van der Waals surface area (Å²) < 4.78 is 24.4. The largest absolute Gasteiger partial charge is 0.372 e. The fourth-order valence-corrected chi connectivity index (χ4v) is 3.76. The molecule has 0 bridgehead atoms. The molecule has 0 aromatic heterocycles. The summed E-state index contributed by atoms with van der Waals surface area (Å²) in [6, 6.07) is 12.3. The van der Waals surface area contributed by atoms with Gasteiger partial charge in [0.25, 0.3) is 5.91 Å². The molecule has 0 radical (unpaired) electrons. The van der Waals surface area contributed by atoms with Gasteiger partial charge in [-0.15, -0.1) is 0 Å². The van der Waals surface area contributed by atoms with Gasteiger partial charge in [0, 0.05) is 31.5 Å². The van der Waals surface area contributed by atoms with Crippen LogP contribution >= 0.6 is 11.6 Å². The van der Waals surface area contributed by atoms with Crippen LogP contribution in [0.3, 0.4) is 0 Å². The summed E-state index contributed by atoms with van der Waals surface area (Å²) in [4.78, 5) is 14.8. The van der Waals surface area contributed by atoms with Crippen molar-refractivity contribution in [2.24, 2.45) is 0 Å². The normalized spacial score (nSPS) is 14.3. The number of sulfonamides is 1. The van der Waals surface area contributed by atoms with Gasteiger partial charge >= 0.3 is 0 Å². The Balaban J connectivity index is 1.72. The van der Waals surface area contributed by atoms with Gasteiger partial charge in [0.1, 0.15) is 0 Å². The number of rotatable bonds is 5. The summed E-state index contributed by atoms with van der Waals surface area (Å²) in [5.41, 5.74) is 2.51. The molecule has 1 heterocycles. The number of hydrogen-bond donors (Lipinski definition) is 1. The lowest BCUT2D eigenvalue weighted by Gasteiger charge is -2.18. The van der Waals surface area contributed by atoms with E-state index >= 15 is 0 Å². The first-order chi connectivity index (χ1) is 12.8. The van der Waals surface area contributed by atoms with Gasteiger partial charge in [0.15, 0.2) is 0 Å². The molecular weight excluding hydrogens is 386 g/mol. The number of carbonyl (C=O) groups excluding carboxylic acids is 1. The van der Waals surface area contributed by atoms with Gasteiger partial charge in [-0.25, -0.2) is 8.42 Å². The maximum Gasteiger partial charge on any atom is 0.257 e. The van der Waals surface area contributed by atoms with E-state index in [0.29, 0.717) is 11.4 Å². The molecule has 3 rings (SSSR count). The Morgan fingerprint density at radius 1 is 1.11 bits per heavy atom. The lowest BCUT2D eigenvalue weighted by atomic mass is 10.2. The zero-order valence-corrected chi connectivity index (χ0v) is 16.8. The number of hydrogen-bond acceptors (Lipinski definition) is 4. The van der Waals surface area contributed by atoms with E-state index in [1.165, 1.54) is 32.0 Å². The Morgan fingerprint density at radius 3 is 2.30 bits per heavy atom. The van der Waals surface area contributed by atoms with Crippen molar-refractivity contribution < 1.29 is 13.2 Å². The first-order valence-corrected chi connectivity index (χ1v) is 10.9. The standard InChI is InChI=1S/C19H22ClN3O3S/c1-22(27(2,25)26)16-9-10-17(18(20)13-16)19(24)21-14-5-7-15(8-6-14)23-11-3-4-12-23/h5-10,13H,3-4,11-12H2,1-2H3,(H,21,24). The zero-order valence-electron chi connectivity index (χ0n) is 15.3. The number of halogens is 1. The molecular formula is C19H22ClN3O3S. The Kier molecular flexibility index (Phi) is 5.62. The van der Waals surface area contributed by atoms with Crippen molar-refractivity contribution in [1.29, 1.82) is 0 Å². The van der Waals surface area contributed by atoms with Crippen LogP contribution in [-0.2, 0) is 10.0 Å². The van der Waals surface area contributed by atoms with Gasteiger partial charge in [0.2, 0.25) is 10.0 Å². The molecule has 2 aromatic carbocycles. The van der Waals surface area contributed by atoms with Crippen LogP contribution in [0.5, 0.6) is 0 Å². The number of benzene rings is 2. The summed E-state index contributed by atoms with van der Waals surface area (Å²) in [6.07, 6.45) is 3.52. The number of amides is 1. The van der Waals surface area contributed by atoms with Crippen molar-refractivity contribution in [1.82, 2.24) is 0 Å². The Bertz CT molecular complexity index is 939. The first kappa shape index (κ1) is 19.5. The summed E-state index contributed by atoms with van der Waals surface area (Å²) >= 11 is 6.21. The third-order valence-corrected chi connectivity index (χ3v) is 6.17. The predicted molar refractivity (Wildman–Crippen MR) is 111 cm³/mol. The van der Waals surface area contributed by atoms with Gasteiger partial charge < -0.3 is 10.2 Å². The van der Waals surface area contributed by atoms with Gasteiger partial charge in [0.05, 0.1) is 22.5 Å². The third-order valence-electron chi connectivity index (χ3n) is 4.65. The van der Waals surface area contributed by atoms with E-state index in [2.05, 4.69) is 10.2 Å². The smallest absolute Gasteiger partial charge is 0.257 e. The molecule has 0 unspecified atom stereocenters. The second kappa shape index (κ2) is 7.78. The summed E-state index contributed by atoms with van der Waals surface area (Å²) in [5, 5.41) is 3.01. The Morgan fingerprint density at radius 2 is 1.74 bits per heavy atom. The van der Waals surface area contributed by atoms with Crippen molar-refractivity contribution >= 4 is 44.6 Å². The van der Waals surface area contributed by atoms with E-state index in [9.17, 15) is 13.2 Å². The van der Waals surface area contributed by atoms with Crippen LogP contribution in [0.2, 0.25) is 5.02 Å². The topological polar surface area (TPSA) is 69.7 Å². The molecule has 1 N–H and O–H groups in total. The Hall–Kier alpha value is -2.25. The van der Waals surface area contributed by atoms with E-state index in [4.69, 9.17) is 11.6 Å². The molecule has 0 saturated carbocycles. The van der Waals surface area contributed by atoms with Gasteiger partial charge in [-0.3, -0.25) is 9.10 Å².